The second-order valence-electron chi connectivity index (χ2n) is 1.59. The summed E-state index contributed by atoms with van der Waals surface area (Å²) in [6.07, 6.45) is -4.38. The average molecular weight is 127 g/mol. The van der Waals surface area contributed by atoms with Crippen LogP contribution in [0.15, 0.2) is 0 Å². The molecule has 0 amide bonds. The molecule has 0 saturated carbocycles. The normalized spacial score (nSPS) is 18.8. The van der Waals surface area contributed by atoms with Crippen molar-refractivity contribution < 1.29 is 13.2 Å². The predicted molar refractivity (Wildman–Crippen MR) is 24.5 cm³/mol. The number of hydrogen-bond acceptors (Lipinski definition) is 1. The third kappa shape index (κ3) is 2.16. The van der Waals surface area contributed by atoms with Crippen LogP contribution >= 0.6 is 0 Å². The molecule has 0 bridgehead atoms. The van der Waals surface area contributed by atoms with Gasteiger partial charge < -0.3 is 5.73 Å². The van der Waals surface area contributed by atoms with E-state index in [4.69, 9.17) is 0 Å². The lowest BCUT2D eigenvalue weighted by Crippen LogP contribution is -2.36. The molecule has 2 unspecified atom stereocenters. The van der Waals surface area contributed by atoms with E-state index >= 15 is 0 Å². The van der Waals surface area contributed by atoms with E-state index < -0.39 is 18.6 Å². The van der Waals surface area contributed by atoms with Gasteiger partial charge in [0.15, 0.2) is 0 Å². The van der Waals surface area contributed by atoms with Crippen molar-refractivity contribution in [1.82, 2.24) is 0 Å². The molecule has 0 heterocycles. The van der Waals surface area contributed by atoms with E-state index in [9.17, 15) is 13.2 Å². The predicted octanol–water partition coefficient (Wildman–Crippen LogP) is 0.937. The minimum atomic E-state index is -2.75. The summed E-state index contributed by atoms with van der Waals surface area (Å²) in [6.45, 7) is 1.01. The molecule has 2 atom stereocenters. The molecule has 50 valence electrons. The van der Waals surface area contributed by atoms with Gasteiger partial charge >= 0.3 is 0 Å². The molecule has 0 aromatic heterocycles. The van der Waals surface area contributed by atoms with Crippen molar-refractivity contribution in [1.29, 1.82) is 0 Å². The quantitative estimate of drug-likeness (QED) is 0.586. The van der Waals surface area contributed by atoms with Gasteiger partial charge in [-0.25, -0.2) is 13.2 Å². The van der Waals surface area contributed by atoms with Crippen molar-refractivity contribution in [2.24, 2.45) is 5.73 Å². The Kier molecular flexibility index (Phi) is 2.82. The molecular formula is C4H8F3N. The van der Waals surface area contributed by atoms with Crippen LogP contribution in [0.5, 0.6) is 0 Å². The number of rotatable bonds is 2. The zero-order valence-electron chi connectivity index (χ0n) is 4.44. The summed E-state index contributed by atoms with van der Waals surface area (Å²) in [5, 5.41) is 0. The van der Waals surface area contributed by atoms with Gasteiger partial charge in [0.25, 0.3) is 6.43 Å². The van der Waals surface area contributed by atoms with E-state index in [0.717, 1.165) is 6.92 Å². The Morgan fingerprint density at radius 1 is 1.25 bits per heavy atom. The summed E-state index contributed by atoms with van der Waals surface area (Å²) in [5.41, 5.74) is 4.63. The lowest BCUT2D eigenvalue weighted by atomic mass is 10.2. The van der Waals surface area contributed by atoms with E-state index in [-0.39, 0.29) is 0 Å². The van der Waals surface area contributed by atoms with Gasteiger partial charge in [0.2, 0.25) is 0 Å². The van der Waals surface area contributed by atoms with Crippen molar-refractivity contribution in [3.63, 3.8) is 0 Å². The highest BCUT2D eigenvalue weighted by atomic mass is 19.3. The Morgan fingerprint density at radius 3 is 1.62 bits per heavy atom. The van der Waals surface area contributed by atoms with Gasteiger partial charge in [-0.1, -0.05) is 0 Å². The smallest absolute Gasteiger partial charge is 0.256 e. The van der Waals surface area contributed by atoms with Crippen LogP contribution in [-0.2, 0) is 0 Å². The fourth-order valence-corrected chi connectivity index (χ4v) is 0.200. The Labute approximate surface area is 45.7 Å². The van der Waals surface area contributed by atoms with Crippen LogP contribution in [0.2, 0.25) is 0 Å². The maximum absolute atomic E-state index is 11.7. The van der Waals surface area contributed by atoms with Crippen molar-refractivity contribution in [3.8, 4) is 0 Å². The van der Waals surface area contributed by atoms with Gasteiger partial charge in [-0.05, 0) is 6.92 Å². The van der Waals surface area contributed by atoms with E-state index in [1.54, 1.807) is 0 Å². The summed E-state index contributed by atoms with van der Waals surface area (Å²) in [7, 11) is 0. The number of hydrogen-bond donors (Lipinski definition) is 1. The zero-order valence-corrected chi connectivity index (χ0v) is 4.44. The third-order valence-corrected chi connectivity index (χ3v) is 0.821. The number of nitrogens with two attached hydrogens (primary N) is 1. The largest absolute Gasteiger partial charge is 0.321 e. The second kappa shape index (κ2) is 2.91. The van der Waals surface area contributed by atoms with Crippen LogP contribution in [0.3, 0.4) is 0 Å². The lowest BCUT2D eigenvalue weighted by molar-refractivity contribution is 0.0796. The molecule has 4 heteroatoms. The lowest BCUT2D eigenvalue weighted by Gasteiger charge is -2.09. The van der Waals surface area contributed by atoms with Crippen molar-refractivity contribution in [2.45, 2.75) is 25.6 Å². The standard InChI is InChI=1S/C4H8F3N/c1-2(5)3(8)4(6)7/h2-4H,8H2,1H3. The Bertz CT molecular complexity index is 56.3. The first-order valence-corrected chi connectivity index (χ1v) is 2.23. The van der Waals surface area contributed by atoms with E-state index in [2.05, 4.69) is 5.73 Å². The zero-order chi connectivity index (χ0) is 6.73. The molecule has 0 spiro atoms. The minimum absolute atomic E-state index is 1.01. The second-order valence-corrected chi connectivity index (χ2v) is 1.59. The molecule has 0 aromatic carbocycles. The maximum Gasteiger partial charge on any atom is 0.256 e. The van der Waals surface area contributed by atoms with Gasteiger partial charge in [-0.3, -0.25) is 0 Å². The van der Waals surface area contributed by atoms with Crippen molar-refractivity contribution in [2.75, 3.05) is 0 Å². The molecule has 0 aliphatic rings. The van der Waals surface area contributed by atoms with E-state index in [1.165, 1.54) is 0 Å². The van der Waals surface area contributed by atoms with Crippen LogP contribution in [0.25, 0.3) is 0 Å². The van der Waals surface area contributed by atoms with Crippen LogP contribution in [-0.4, -0.2) is 18.6 Å². The molecule has 0 fully saturated rings. The SMILES string of the molecule is CC(F)C(N)C(F)F. The van der Waals surface area contributed by atoms with Gasteiger partial charge in [0.1, 0.15) is 6.17 Å². The molecule has 0 rings (SSSR count). The van der Waals surface area contributed by atoms with E-state index in [1.807, 2.05) is 0 Å². The molecule has 0 radical (unpaired) electrons. The molecule has 8 heavy (non-hydrogen) atoms. The first-order valence-electron chi connectivity index (χ1n) is 2.23. The Morgan fingerprint density at radius 2 is 1.62 bits per heavy atom. The summed E-state index contributed by atoms with van der Waals surface area (Å²) in [5.74, 6) is 0. The maximum atomic E-state index is 11.7. The fraction of sp³-hybridized carbons (Fsp3) is 1.00. The molecule has 0 aliphatic heterocycles. The number of alkyl halides is 3. The van der Waals surface area contributed by atoms with Crippen LogP contribution in [0, 0.1) is 0 Å². The first kappa shape index (κ1) is 7.75. The third-order valence-electron chi connectivity index (χ3n) is 0.821. The van der Waals surface area contributed by atoms with Crippen LogP contribution < -0.4 is 5.73 Å². The van der Waals surface area contributed by atoms with Crippen molar-refractivity contribution >= 4 is 0 Å². The van der Waals surface area contributed by atoms with Gasteiger partial charge in [-0.15, -0.1) is 0 Å². The highest BCUT2D eigenvalue weighted by molar-refractivity contribution is 4.69. The van der Waals surface area contributed by atoms with Crippen LogP contribution in [0.4, 0.5) is 13.2 Å². The van der Waals surface area contributed by atoms with Crippen molar-refractivity contribution in [3.05, 3.63) is 0 Å². The molecule has 0 aliphatic carbocycles. The Balaban J connectivity index is 3.46. The van der Waals surface area contributed by atoms with Gasteiger partial charge in [-0.2, -0.15) is 0 Å². The molecule has 1 nitrogen and oxygen atoms in total. The molecule has 0 aromatic rings. The molecule has 2 N–H and O–H groups in total. The molecular weight excluding hydrogens is 119 g/mol. The fourth-order valence-electron chi connectivity index (χ4n) is 0.200. The molecule has 0 saturated heterocycles. The summed E-state index contributed by atoms with van der Waals surface area (Å²) in [4.78, 5) is 0. The van der Waals surface area contributed by atoms with Gasteiger partial charge in [0.05, 0.1) is 6.04 Å². The summed E-state index contributed by atoms with van der Waals surface area (Å²) >= 11 is 0. The first-order chi connectivity index (χ1) is 3.55. The highest BCUT2D eigenvalue weighted by Crippen LogP contribution is 2.04. The average Bonchev–Trinajstić information content (AvgIpc) is 1.64. The van der Waals surface area contributed by atoms with E-state index in [0.29, 0.717) is 0 Å². The summed E-state index contributed by atoms with van der Waals surface area (Å²) in [6, 6.07) is -1.63. The topological polar surface area (TPSA) is 26.0 Å². The minimum Gasteiger partial charge on any atom is -0.321 e. The highest BCUT2D eigenvalue weighted by Gasteiger charge is 2.21. The van der Waals surface area contributed by atoms with Crippen LogP contribution in [0.1, 0.15) is 6.92 Å². The Hall–Kier alpha value is -0.250. The number of halogens is 3. The summed E-state index contributed by atoms with van der Waals surface area (Å²) < 4.78 is 34.4. The monoisotopic (exact) mass is 127 g/mol. The van der Waals surface area contributed by atoms with Gasteiger partial charge in [0, 0.05) is 0 Å².